The summed E-state index contributed by atoms with van der Waals surface area (Å²) in [6.45, 7) is 4.87. The van der Waals surface area contributed by atoms with Crippen LogP contribution in [0.4, 0.5) is 4.79 Å². The molecule has 9 nitrogen and oxygen atoms in total. The van der Waals surface area contributed by atoms with E-state index in [-0.39, 0.29) is 24.5 Å². The van der Waals surface area contributed by atoms with Crippen LogP contribution in [0.2, 0.25) is 0 Å². The number of benzene rings is 1. The summed E-state index contributed by atoms with van der Waals surface area (Å²) >= 11 is 0. The Hall–Kier alpha value is -2.91. The summed E-state index contributed by atoms with van der Waals surface area (Å²) in [6.07, 6.45) is 2.25. The van der Waals surface area contributed by atoms with Crippen molar-refractivity contribution in [3.05, 3.63) is 42.0 Å². The summed E-state index contributed by atoms with van der Waals surface area (Å²) in [7, 11) is 1.60. The second-order valence-electron chi connectivity index (χ2n) is 8.53. The molecule has 0 saturated carbocycles. The van der Waals surface area contributed by atoms with Crippen LogP contribution >= 0.6 is 0 Å². The Bertz CT molecular complexity index is 857. The topological polar surface area (TPSA) is 111 Å². The molecule has 1 unspecified atom stereocenters. The average molecular weight is 445 g/mol. The van der Waals surface area contributed by atoms with Gasteiger partial charge in [0.15, 0.2) is 0 Å². The lowest BCUT2D eigenvalue weighted by Crippen LogP contribution is -2.62. The van der Waals surface area contributed by atoms with E-state index in [9.17, 15) is 19.6 Å². The van der Waals surface area contributed by atoms with Crippen LogP contribution in [0.15, 0.2) is 36.4 Å². The Balaban J connectivity index is 1.67. The van der Waals surface area contributed by atoms with Crippen molar-refractivity contribution >= 4 is 23.5 Å². The van der Waals surface area contributed by atoms with Crippen LogP contribution in [0.3, 0.4) is 0 Å². The fraction of sp³-hybridized carbons (Fsp3) is 0.522. The number of nitrogens with one attached hydrogen (secondary N) is 2. The molecule has 0 radical (unpaired) electrons. The number of hydroxylamine groups is 1. The SMILES string of the molecule is CC(C)OC(=O)N(C)C1CN[C@H](C(=O)N2CC=C(c3ccccc3)CC2)[C@@H](C(=O)NO)C1. The van der Waals surface area contributed by atoms with Gasteiger partial charge in [-0.2, -0.15) is 0 Å². The van der Waals surface area contributed by atoms with E-state index < -0.39 is 24.0 Å². The summed E-state index contributed by atoms with van der Waals surface area (Å²) < 4.78 is 5.23. The number of hydrogen-bond donors (Lipinski definition) is 3. The maximum absolute atomic E-state index is 13.3. The molecule has 1 aromatic carbocycles. The number of carbonyl (C=O) groups excluding carboxylic acids is 3. The van der Waals surface area contributed by atoms with E-state index in [1.165, 1.54) is 10.5 Å². The zero-order chi connectivity index (χ0) is 23.3. The van der Waals surface area contributed by atoms with Gasteiger partial charge in [-0.1, -0.05) is 36.4 Å². The van der Waals surface area contributed by atoms with E-state index >= 15 is 0 Å². The molecule has 2 aliphatic heterocycles. The molecule has 32 heavy (non-hydrogen) atoms. The summed E-state index contributed by atoms with van der Waals surface area (Å²) in [5, 5.41) is 12.4. The molecule has 0 spiro atoms. The van der Waals surface area contributed by atoms with E-state index in [0.29, 0.717) is 19.6 Å². The first kappa shape index (κ1) is 23.7. The molecule has 1 saturated heterocycles. The highest BCUT2D eigenvalue weighted by molar-refractivity contribution is 5.90. The lowest BCUT2D eigenvalue weighted by atomic mass is 9.86. The van der Waals surface area contributed by atoms with Gasteiger partial charge in [-0.3, -0.25) is 14.8 Å². The summed E-state index contributed by atoms with van der Waals surface area (Å²) in [4.78, 5) is 41.1. The Morgan fingerprint density at radius 1 is 1.25 bits per heavy atom. The number of ether oxygens (including phenoxy) is 1. The molecule has 0 aliphatic carbocycles. The van der Waals surface area contributed by atoms with Gasteiger partial charge in [-0.25, -0.2) is 10.3 Å². The molecule has 1 aromatic rings. The number of nitrogens with zero attached hydrogens (tertiary/aromatic N) is 2. The zero-order valence-corrected chi connectivity index (χ0v) is 18.8. The molecule has 2 heterocycles. The Morgan fingerprint density at radius 2 is 1.97 bits per heavy atom. The number of hydrogen-bond acceptors (Lipinski definition) is 6. The van der Waals surface area contributed by atoms with Crippen molar-refractivity contribution in [2.75, 3.05) is 26.7 Å². The summed E-state index contributed by atoms with van der Waals surface area (Å²) in [6, 6.07) is 8.92. The smallest absolute Gasteiger partial charge is 0.410 e. The average Bonchev–Trinajstić information content (AvgIpc) is 2.82. The molecular weight excluding hydrogens is 412 g/mol. The van der Waals surface area contributed by atoms with E-state index in [1.807, 2.05) is 24.3 Å². The van der Waals surface area contributed by atoms with E-state index in [2.05, 4.69) is 17.4 Å². The third-order valence-electron chi connectivity index (χ3n) is 6.05. The van der Waals surface area contributed by atoms with Crippen molar-refractivity contribution < 1.29 is 24.3 Å². The third-order valence-corrected chi connectivity index (χ3v) is 6.05. The fourth-order valence-electron chi connectivity index (χ4n) is 4.23. The van der Waals surface area contributed by atoms with Crippen molar-refractivity contribution in [2.24, 2.45) is 5.92 Å². The quantitative estimate of drug-likeness (QED) is 0.470. The van der Waals surface area contributed by atoms with Crippen molar-refractivity contribution in [1.82, 2.24) is 20.6 Å². The van der Waals surface area contributed by atoms with Gasteiger partial charge < -0.3 is 19.9 Å². The first-order chi connectivity index (χ1) is 15.3. The molecule has 3 rings (SSSR count). The predicted octanol–water partition coefficient (Wildman–Crippen LogP) is 1.63. The molecule has 1 fully saturated rings. The van der Waals surface area contributed by atoms with Crippen LogP contribution < -0.4 is 10.8 Å². The van der Waals surface area contributed by atoms with E-state index in [4.69, 9.17) is 4.74 Å². The summed E-state index contributed by atoms with van der Waals surface area (Å²) in [5.74, 6) is -1.66. The number of amides is 3. The van der Waals surface area contributed by atoms with E-state index in [0.717, 1.165) is 12.0 Å². The van der Waals surface area contributed by atoms with Gasteiger partial charge in [0.05, 0.1) is 18.1 Å². The molecular formula is C23H32N4O5. The van der Waals surface area contributed by atoms with Gasteiger partial charge in [0.25, 0.3) is 0 Å². The first-order valence-electron chi connectivity index (χ1n) is 11.0. The van der Waals surface area contributed by atoms with Crippen molar-refractivity contribution in [2.45, 2.75) is 44.9 Å². The normalized spacial score (nSPS) is 23.3. The van der Waals surface area contributed by atoms with Gasteiger partial charge >= 0.3 is 6.09 Å². The monoisotopic (exact) mass is 444 g/mol. The number of piperidine rings is 1. The molecule has 3 amide bonds. The third kappa shape index (κ3) is 5.46. The zero-order valence-electron chi connectivity index (χ0n) is 18.8. The predicted molar refractivity (Wildman–Crippen MR) is 119 cm³/mol. The van der Waals surface area contributed by atoms with Crippen molar-refractivity contribution in [3.8, 4) is 0 Å². The summed E-state index contributed by atoms with van der Waals surface area (Å²) in [5.41, 5.74) is 4.02. The van der Waals surface area contributed by atoms with Gasteiger partial charge in [0.2, 0.25) is 11.8 Å². The Morgan fingerprint density at radius 3 is 2.56 bits per heavy atom. The van der Waals surface area contributed by atoms with Crippen LogP contribution in [0.1, 0.15) is 32.3 Å². The number of likely N-dealkylation sites (N-methyl/N-ethyl adjacent to an activating group) is 1. The van der Waals surface area contributed by atoms with Crippen LogP contribution in [0, 0.1) is 5.92 Å². The highest BCUT2D eigenvalue weighted by Crippen LogP contribution is 2.26. The van der Waals surface area contributed by atoms with Crippen molar-refractivity contribution in [1.29, 1.82) is 0 Å². The maximum atomic E-state index is 13.3. The molecule has 9 heteroatoms. The minimum atomic E-state index is -0.819. The molecule has 2 aliphatic rings. The second-order valence-corrected chi connectivity index (χ2v) is 8.53. The Labute approximate surface area is 188 Å². The Kier molecular flexibility index (Phi) is 7.87. The van der Waals surface area contributed by atoms with Crippen molar-refractivity contribution in [3.63, 3.8) is 0 Å². The molecule has 174 valence electrons. The van der Waals surface area contributed by atoms with Gasteiger partial charge in [0.1, 0.15) is 0 Å². The number of rotatable bonds is 5. The molecule has 0 aromatic heterocycles. The highest BCUT2D eigenvalue weighted by atomic mass is 16.6. The van der Waals surface area contributed by atoms with Crippen LogP contribution in [-0.4, -0.2) is 77.8 Å². The second kappa shape index (κ2) is 10.6. The first-order valence-corrected chi connectivity index (χ1v) is 11.0. The molecule has 0 bridgehead atoms. The minimum absolute atomic E-state index is 0.187. The lowest BCUT2D eigenvalue weighted by Gasteiger charge is -2.40. The van der Waals surface area contributed by atoms with Crippen LogP contribution in [0.5, 0.6) is 0 Å². The maximum Gasteiger partial charge on any atom is 0.410 e. The molecule has 3 N–H and O–H groups in total. The lowest BCUT2D eigenvalue weighted by molar-refractivity contribution is -0.144. The molecule has 3 atom stereocenters. The minimum Gasteiger partial charge on any atom is -0.447 e. The van der Waals surface area contributed by atoms with E-state index in [1.54, 1.807) is 31.3 Å². The van der Waals surface area contributed by atoms with Crippen LogP contribution in [-0.2, 0) is 14.3 Å². The fourth-order valence-corrected chi connectivity index (χ4v) is 4.23. The van der Waals surface area contributed by atoms with Gasteiger partial charge in [-0.15, -0.1) is 0 Å². The highest BCUT2D eigenvalue weighted by Gasteiger charge is 2.43. The largest absolute Gasteiger partial charge is 0.447 e. The van der Waals surface area contributed by atoms with Gasteiger partial charge in [-0.05, 0) is 37.8 Å². The van der Waals surface area contributed by atoms with Gasteiger partial charge in [0, 0.05) is 32.7 Å². The standard InChI is InChI=1S/C23H32N4O5/c1-15(2)32-23(30)26(3)18-13-19(21(28)25-31)20(24-14-18)22(29)27-11-9-17(10-12-27)16-7-5-4-6-8-16/h4-9,15,18-20,24,31H,10-14H2,1-3H3,(H,25,28)/t18?,19-,20-/m0/s1. The van der Waals surface area contributed by atoms with Crippen LogP contribution in [0.25, 0.3) is 5.57 Å². The number of carbonyl (C=O) groups is 3.